The van der Waals surface area contributed by atoms with Gasteiger partial charge >= 0.3 is 0 Å². The number of nitro benzene ring substituents is 1. The van der Waals surface area contributed by atoms with Crippen LogP contribution in [0.2, 0.25) is 0 Å². The molecule has 0 bridgehead atoms. The first-order valence-corrected chi connectivity index (χ1v) is 3.62. The molecule has 0 amide bonds. The minimum atomic E-state index is -0.451. The van der Waals surface area contributed by atoms with Crippen molar-refractivity contribution >= 4 is 23.8 Å². The number of nitrogens with one attached hydrogen (secondary N) is 1. The zero-order valence-electron chi connectivity index (χ0n) is 7.15. The molecule has 1 N–H and O–H groups in total. The molecule has 0 fully saturated rings. The summed E-state index contributed by atoms with van der Waals surface area (Å²) in [5.74, 6) is 0. The number of rotatable bonds is 3. The second-order valence-electron chi connectivity index (χ2n) is 2.37. The van der Waals surface area contributed by atoms with E-state index in [2.05, 4.69) is 17.0 Å². The summed E-state index contributed by atoms with van der Waals surface area (Å²) in [5.41, 5.74) is 1.24. The summed E-state index contributed by atoms with van der Waals surface area (Å²) in [4.78, 5) is 13.7. The van der Waals surface area contributed by atoms with Gasteiger partial charge in [-0.3, -0.25) is 15.1 Å². The number of benzene rings is 1. The topological polar surface area (TPSA) is 67.5 Å². The Kier molecular flexibility index (Phi) is 2.59. The molecule has 0 aliphatic carbocycles. The van der Waals surface area contributed by atoms with Gasteiger partial charge in [-0.15, -0.1) is 0 Å². The molecule has 0 saturated carbocycles. The van der Waals surface area contributed by atoms with Crippen LogP contribution in [0.1, 0.15) is 0 Å². The van der Waals surface area contributed by atoms with Gasteiger partial charge in [-0.1, -0.05) is 0 Å². The maximum atomic E-state index is 10.4. The molecular formula is C8H9N3O2. The van der Waals surface area contributed by atoms with Crippen LogP contribution in [0.5, 0.6) is 0 Å². The van der Waals surface area contributed by atoms with Crippen LogP contribution >= 0.6 is 0 Å². The minimum absolute atomic E-state index is 0.0387. The molecular weight excluding hydrogens is 170 g/mol. The maximum absolute atomic E-state index is 10.4. The highest BCUT2D eigenvalue weighted by Crippen LogP contribution is 2.28. The van der Waals surface area contributed by atoms with E-state index in [9.17, 15) is 10.1 Å². The van der Waals surface area contributed by atoms with Gasteiger partial charge in [0.15, 0.2) is 0 Å². The first-order valence-electron chi connectivity index (χ1n) is 3.62. The van der Waals surface area contributed by atoms with E-state index in [4.69, 9.17) is 0 Å². The van der Waals surface area contributed by atoms with Gasteiger partial charge in [-0.2, -0.15) is 0 Å². The van der Waals surface area contributed by atoms with Crippen molar-refractivity contribution in [3.8, 4) is 0 Å². The molecule has 1 aromatic rings. The second kappa shape index (κ2) is 3.66. The van der Waals surface area contributed by atoms with Gasteiger partial charge in [-0.25, -0.2) is 0 Å². The Bertz CT molecular complexity index is 349. The summed E-state index contributed by atoms with van der Waals surface area (Å²) in [6.45, 7) is 3.35. The molecule has 0 aliphatic rings. The highest BCUT2D eigenvalue weighted by molar-refractivity contribution is 5.70. The van der Waals surface area contributed by atoms with E-state index >= 15 is 0 Å². The molecule has 0 heterocycles. The molecule has 13 heavy (non-hydrogen) atoms. The fraction of sp³-hybridized carbons (Fsp3) is 0.125. The maximum Gasteiger partial charge on any atom is 0.271 e. The molecule has 5 nitrogen and oxygen atoms in total. The van der Waals surface area contributed by atoms with Crippen molar-refractivity contribution in [2.24, 2.45) is 4.99 Å². The van der Waals surface area contributed by atoms with E-state index in [0.717, 1.165) is 0 Å². The Labute approximate surface area is 75.3 Å². The first-order chi connectivity index (χ1) is 6.19. The summed E-state index contributed by atoms with van der Waals surface area (Å²) in [5, 5.41) is 13.2. The Hall–Kier alpha value is -1.91. The van der Waals surface area contributed by atoms with Crippen LogP contribution in [-0.4, -0.2) is 18.7 Å². The van der Waals surface area contributed by atoms with Gasteiger partial charge in [0.1, 0.15) is 0 Å². The van der Waals surface area contributed by atoms with Crippen molar-refractivity contribution in [3.63, 3.8) is 0 Å². The third-order valence-electron chi connectivity index (χ3n) is 1.63. The summed E-state index contributed by atoms with van der Waals surface area (Å²) in [6.07, 6.45) is 0. The normalized spacial score (nSPS) is 9.31. The fourth-order valence-electron chi connectivity index (χ4n) is 0.976. The van der Waals surface area contributed by atoms with Crippen LogP contribution in [-0.2, 0) is 0 Å². The average molecular weight is 179 g/mol. The zero-order chi connectivity index (χ0) is 9.84. The molecule has 0 unspecified atom stereocenters. The summed E-state index contributed by atoms with van der Waals surface area (Å²) in [6, 6.07) is 4.37. The van der Waals surface area contributed by atoms with Crippen LogP contribution < -0.4 is 5.32 Å². The van der Waals surface area contributed by atoms with Crippen molar-refractivity contribution < 1.29 is 4.92 Å². The van der Waals surface area contributed by atoms with Crippen LogP contribution in [0.25, 0.3) is 0 Å². The number of aliphatic imine (C=N–C) groups is 1. The van der Waals surface area contributed by atoms with Gasteiger partial charge in [0.05, 0.1) is 16.3 Å². The Morgan fingerprint density at radius 1 is 1.62 bits per heavy atom. The summed E-state index contributed by atoms with van der Waals surface area (Å²) >= 11 is 0. The molecule has 1 aromatic carbocycles. The second-order valence-corrected chi connectivity index (χ2v) is 2.37. The van der Waals surface area contributed by atoms with Gasteiger partial charge in [0.25, 0.3) is 5.69 Å². The molecule has 0 spiro atoms. The van der Waals surface area contributed by atoms with Crippen LogP contribution in [0, 0.1) is 10.1 Å². The van der Waals surface area contributed by atoms with E-state index in [1.807, 2.05) is 0 Å². The largest absolute Gasteiger partial charge is 0.386 e. The highest BCUT2D eigenvalue weighted by Gasteiger charge is 2.08. The predicted molar refractivity (Wildman–Crippen MR) is 51.9 cm³/mol. The third-order valence-corrected chi connectivity index (χ3v) is 1.63. The zero-order valence-corrected chi connectivity index (χ0v) is 7.15. The Morgan fingerprint density at radius 2 is 2.31 bits per heavy atom. The lowest BCUT2D eigenvalue weighted by Gasteiger charge is -2.02. The monoisotopic (exact) mass is 179 g/mol. The molecule has 0 saturated heterocycles. The van der Waals surface area contributed by atoms with Gasteiger partial charge in [-0.05, 0) is 12.8 Å². The number of hydrogen-bond acceptors (Lipinski definition) is 4. The molecule has 0 aliphatic heterocycles. The van der Waals surface area contributed by atoms with E-state index < -0.39 is 4.92 Å². The smallest absolute Gasteiger partial charge is 0.271 e. The molecule has 0 aromatic heterocycles. The lowest BCUT2D eigenvalue weighted by atomic mass is 10.2. The quantitative estimate of drug-likeness (QED) is 0.438. The van der Waals surface area contributed by atoms with E-state index in [0.29, 0.717) is 11.4 Å². The number of anilines is 1. The minimum Gasteiger partial charge on any atom is -0.386 e. The summed E-state index contributed by atoms with van der Waals surface area (Å²) in [7, 11) is 1.67. The van der Waals surface area contributed by atoms with Crippen molar-refractivity contribution in [1.29, 1.82) is 0 Å². The third kappa shape index (κ3) is 1.81. The fourth-order valence-corrected chi connectivity index (χ4v) is 0.976. The van der Waals surface area contributed by atoms with Gasteiger partial charge < -0.3 is 5.32 Å². The van der Waals surface area contributed by atoms with Gasteiger partial charge in [0.2, 0.25) is 0 Å². The average Bonchev–Trinajstić information content (AvgIpc) is 2.16. The molecule has 1 rings (SSSR count). The molecule has 0 radical (unpaired) electrons. The molecule has 68 valence electrons. The van der Waals surface area contributed by atoms with E-state index in [1.54, 1.807) is 13.1 Å². The van der Waals surface area contributed by atoms with Gasteiger partial charge in [0, 0.05) is 19.2 Å². The number of nitrogens with zero attached hydrogens (tertiary/aromatic N) is 2. The lowest BCUT2D eigenvalue weighted by molar-refractivity contribution is -0.384. The van der Waals surface area contributed by atoms with Crippen LogP contribution in [0.15, 0.2) is 23.2 Å². The lowest BCUT2D eigenvalue weighted by Crippen LogP contribution is -1.92. The number of nitro groups is 1. The highest BCUT2D eigenvalue weighted by atomic mass is 16.6. The molecule has 0 atom stereocenters. The molecule has 5 heteroatoms. The summed E-state index contributed by atoms with van der Waals surface area (Å²) < 4.78 is 0. The van der Waals surface area contributed by atoms with Crippen molar-refractivity contribution in [2.75, 3.05) is 12.4 Å². The Balaban J connectivity index is 3.20. The predicted octanol–water partition coefficient (Wildman–Crippen LogP) is 1.97. The van der Waals surface area contributed by atoms with Crippen LogP contribution in [0.3, 0.4) is 0 Å². The van der Waals surface area contributed by atoms with E-state index in [-0.39, 0.29) is 5.69 Å². The number of non-ortho nitro benzene ring substituents is 1. The van der Waals surface area contributed by atoms with Crippen molar-refractivity contribution in [2.45, 2.75) is 0 Å². The van der Waals surface area contributed by atoms with Crippen LogP contribution in [0.4, 0.5) is 17.1 Å². The number of hydrogen-bond donors (Lipinski definition) is 1. The Morgan fingerprint density at radius 3 is 2.77 bits per heavy atom. The first kappa shape index (κ1) is 9.18. The van der Waals surface area contributed by atoms with E-state index in [1.165, 1.54) is 12.1 Å². The van der Waals surface area contributed by atoms with Crippen molar-refractivity contribution in [1.82, 2.24) is 0 Å². The van der Waals surface area contributed by atoms with Crippen molar-refractivity contribution in [3.05, 3.63) is 28.3 Å². The standard InChI is InChI=1S/C8H9N3O2/c1-9-7-4-3-6(11(12)13)5-8(7)10-2/h3-5,10H,1H2,2H3. The SMILES string of the molecule is C=Nc1ccc([N+](=O)[O-])cc1NC.